The Hall–Kier alpha value is -2.13. The third-order valence-corrected chi connectivity index (χ3v) is 4.89. The van der Waals surface area contributed by atoms with E-state index in [1.54, 1.807) is 0 Å². The zero-order valence-electron chi connectivity index (χ0n) is 15.5. The number of carbonyl (C=O) groups excluding carboxylic acids is 1. The molecule has 0 bridgehead atoms. The van der Waals surface area contributed by atoms with Crippen LogP contribution in [0.25, 0.3) is 0 Å². The molecule has 132 valence electrons. The summed E-state index contributed by atoms with van der Waals surface area (Å²) in [5.74, 6) is 0.158. The summed E-state index contributed by atoms with van der Waals surface area (Å²) in [6, 6.07) is 16.9. The lowest BCUT2D eigenvalue weighted by Crippen LogP contribution is -2.38. The van der Waals surface area contributed by atoms with Crippen LogP contribution in [0.1, 0.15) is 52.4 Å². The molecular formula is C22H28N2O. The van der Waals surface area contributed by atoms with Gasteiger partial charge in [-0.15, -0.1) is 0 Å². The van der Waals surface area contributed by atoms with Crippen LogP contribution in [-0.4, -0.2) is 36.3 Å². The average molecular weight is 336 g/mol. The minimum Gasteiger partial charge on any atom is -0.332 e. The lowest BCUT2D eigenvalue weighted by Gasteiger charge is -2.36. The minimum atomic E-state index is 0.158. The fourth-order valence-electron chi connectivity index (χ4n) is 3.68. The Labute approximate surface area is 151 Å². The van der Waals surface area contributed by atoms with Gasteiger partial charge in [0.2, 0.25) is 0 Å². The average Bonchev–Trinajstić information content (AvgIpc) is 2.61. The quantitative estimate of drug-likeness (QED) is 0.825. The molecule has 0 N–H and O–H groups in total. The molecule has 3 nitrogen and oxygen atoms in total. The van der Waals surface area contributed by atoms with Crippen molar-refractivity contribution in [2.24, 2.45) is 0 Å². The summed E-state index contributed by atoms with van der Waals surface area (Å²) < 4.78 is 0. The van der Waals surface area contributed by atoms with E-state index in [1.165, 1.54) is 17.5 Å². The van der Waals surface area contributed by atoms with Crippen molar-refractivity contribution in [3.63, 3.8) is 0 Å². The van der Waals surface area contributed by atoms with Gasteiger partial charge in [-0.2, -0.15) is 0 Å². The van der Waals surface area contributed by atoms with Crippen molar-refractivity contribution in [2.75, 3.05) is 20.6 Å². The van der Waals surface area contributed by atoms with Crippen molar-refractivity contribution >= 4 is 5.91 Å². The zero-order valence-corrected chi connectivity index (χ0v) is 15.5. The van der Waals surface area contributed by atoms with Gasteiger partial charge in [-0.05, 0) is 63.5 Å². The fourth-order valence-corrected chi connectivity index (χ4v) is 3.68. The molecule has 0 spiro atoms. The van der Waals surface area contributed by atoms with Crippen molar-refractivity contribution in [3.05, 3.63) is 70.8 Å². The van der Waals surface area contributed by atoms with Crippen LogP contribution in [-0.2, 0) is 6.54 Å². The molecule has 3 rings (SSSR count). The lowest BCUT2D eigenvalue weighted by atomic mass is 9.93. The third-order valence-electron chi connectivity index (χ3n) is 4.89. The Morgan fingerprint density at radius 1 is 1.12 bits per heavy atom. The molecule has 1 aliphatic rings. The first kappa shape index (κ1) is 17.7. The highest BCUT2D eigenvalue weighted by Gasteiger charge is 2.28. The molecule has 0 saturated carbocycles. The molecule has 0 unspecified atom stereocenters. The molecule has 2 aromatic carbocycles. The van der Waals surface area contributed by atoms with Crippen LogP contribution in [0.2, 0.25) is 0 Å². The molecular weight excluding hydrogens is 308 g/mol. The van der Waals surface area contributed by atoms with Crippen LogP contribution in [0.3, 0.4) is 0 Å². The van der Waals surface area contributed by atoms with E-state index in [9.17, 15) is 4.79 Å². The van der Waals surface area contributed by atoms with Crippen molar-refractivity contribution in [2.45, 2.75) is 38.8 Å². The van der Waals surface area contributed by atoms with E-state index in [0.29, 0.717) is 0 Å². The van der Waals surface area contributed by atoms with E-state index in [4.69, 9.17) is 0 Å². The van der Waals surface area contributed by atoms with E-state index in [2.05, 4.69) is 48.2 Å². The molecule has 3 heteroatoms. The number of benzene rings is 2. The van der Waals surface area contributed by atoms with Gasteiger partial charge in [0.1, 0.15) is 0 Å². The normalized spacial score (nSPS) is 17.8. The summed E-state index contributed by atoms with van der Waals surface area (Å²) in [5.41, 5.74) is 4.49. The minimum absolute atomic E-state index is 0.158. The molecule has 1 heterocycles. The second-order valence-corrected chi connectivity index (χ2v) is 7.36. The Balaban J connectivity index is 1.82. The van der Waals surface area contributed by atoms with Crippen LogP contribution >= 0.6 is 0 Å². The Kier molecular flexibility index (Phi) is 5.54. The molecule has 2 aromatic rings. The predicted octanol–water partition coefficient (Wildman–Crippen LogP) is 4.42. The molecule has 1 fully saturated rings. The third kappa shape index (κ3) is 4.29. The van der Waals surface area contributed by atoms with E-state index >= 15 is 0 Å². The van der Waals surface area contributed by atoms with Gasteiger partial charge in [0.25, 0.3) is 5.91 Å². The molecule has 0 aliphatic carbocycles. The SMILES string of the molecule is Cc1cccc(C(=O)N2CCCC[C@@H]2c2ccc(CN(C)C)cc2)c1. The van der Waals surface area contributed by atoms with E-state index in [0.717, 1.165) is 37.1 Å². The van der Waals surface area contributed by atoms with Gasteiger partial charge >= 0.3 is 0 Å². The highest BCUT2D eigenvalue weighted by molar-refractivity contribution is 5.94. The summed E-state index contributed by atoms with van der Waals surface area (Å²) in [4.78, 5) is 17.3. The highest BCUT2D eigenvalue weighted by Crippen LogP contribution is 2.32. The van der Waals surface area contributed by atoms with Crippen molar-refractivity contribution in [1.82, 2.24) is 9.80 Å². The monoisotopic (exact) mass is 336 g/mol. The number of likely N-dealkylation sites (tertiary alicyclic amines) is 1. The smallest absolute Gasteiger partial charge is 0.254 e. The molecule has 0 radical (unpaired) electrons. The molecule has 1 saturated heterocycles. The predicted molar refractivity (Wildman–Crippen MR) is 103 cm³/mol. The van der Waals surface area contributed by atoms with Gasteiger partial charge in [0.05, 0.1) is 6.04 Å². The summed E-state index contributed by atoms with van der Waals surface area (Å²) in [7, 11) is 4.16. The second kappa shape index (κ2) is 7.83. The van der Waals surface area contributed by atoms with E-state index in [1.807, 2.05) is 31.2 Å². The maximum Gasteiger partial charge on any atom is 0.254 e. The first-order valence-corrected chi connectivity index (χ1v) is 9.16. The fraction of sp³-hybridized carbons (Fsp3) is 0.409. The Morgan fingerprint density at radius 3 is 2.56 bits per heavy atom. The second-order valence-electron chi connectivity index (χ2n) is 7.36. The Bertz CT molecular complexity index is 721. The number of nitrogens with zero attached hydrogens (tertiary/aromatic N) is 2. The van der Waals surface area contributed by atoms with Crippen LogP contribution in [0.4, 0.5) is 0 Å². The van der Waals surface area contributed by atoms with Crippen LogP contribution in [0.5, 0.6) is 0 Å². The lowest BCUT2D eigenvalue weighted by molar-refractivity contribution is 0.0611. The first-order valence-electron chi connectivity index (χ1n) is 9.16. The number of hydrogen-bond donors (Lipinski definition) is 0. The van der Waals surface area contributed by atoms with Crippen molar-refractivity contribution < 1.29 is 4.79 Å². The van der Waals surface area contributed by atoms with Gasteiger partial charge in [-0.25, -0.2) is 0 Å². The van der Waals surface area contributed by atoms with Crippen LogP contribution < -0.4 is 0 Å². The van der Waals surface area contributed by atoms with Gasteiger partial charge in [0, 0.05) is 18.7 Å². The van der Waals surface area contributed by atoms with Gasteiger partial charge in [0.15, 0.2) is 0 Å². The maximum absolute atomic E-state index is 13.1. The summed E-state index contributed by atoms with van der Waals surface area (Å²) >= 11 is 0. The van der Waals surface area contributed by atoms with Gasteiger partial charge in [-0.1, -0.05) is 42.0 Å². The van der Waals surface area contributed by atoms with Crippen molar-refractivity contribution in [1.29, 1.82) is 0 Å². The molecule has 25 heavy (non-hydrogen) atoms. The summed E-state index contributed by atoms with van der Waals surface area (Å²) in [6.07, 6.45) is 3.32. The number of aryl methyl sites for hydroxylation is 1. The molecule has 1 amide bonds. The number of piperidine rings is 1. The van der Waals surface area contributed by atoms with Crippen LogP contribution in [0, 0.1) is 6.92 Å². The zero-order chi connectivity index (χ0) is 17.8. The summed E-state index contributed by atoms with van der Waals surface area (Å²) in [5, 5.41) is 0. The van der Waals surface area contributed by atoms with E-state index < -0.39 is 0 Å². The molecule has 1 aliphatic heterocycles. The highest BCUT2D eigenvalue weighted by atomic mass is 16.2. The van der Waals surface area contributed by atoms with Crippen molar-refractivity contribution in [3.8, 4) is 0 Å². The number of rotatable bonds is 4. The first-order chi connectivity index (χ1) is 12.0. The van der Waals surface area contributed by atoms with Gasteiger partial charge in [-0.3, -0.25) is 4.79 Å². The number of hydrogen-bond acceptors (Lipinski definition) is 2. The number of carbonyl (C=O) groups is 1. The van der Waals surface area contributed by atoms with Crippen LogP contribution in [0.15, 0.2) is 48.5 Å². The van der Waals surface area contributed by atoms with Gasteiger partial charge < -0.3 is 9.80 Å². The maximum atomic E-state index is 13.1. The summed E-state index contributed by atoms with van der Waals surface area (Å²) in [6.45, 7) is 3.82. The Morgan fingerprint density at radius 2 is 1.88 bits per heavy atom. The largest absolute Gasteiger partial charge is 0.332 e. The topological polar surface area (TPSA) is 23.6 Å². The molecule has 1 atom stereocenters. The standard InChI is InChI=1S/C22H28N2O/c1-17-7-6-8-20(15-17)22(25)24-14-5-4-9-21(24)19-12-10-18(11-13-19)16-23(2)3/h6-8,10-13,15,21H,4-5,9,14,16H2,1-3H3/t21-/m1/s1. The van der Waals surface area contributed by atoms with E-state index in [-0.39, 0.29) is 11.9 Å². The number of amides is 1. The molecule has 0 aromatic heterocycles.